The summed E-state index contributed by atoms with van der Waals surface area (Å²) >= 11 is 0. The summed E-state index contributed by atoms with van der Waals surface area (Å²) in [5, 5.41) is 3.25. The van der Waals surface area contributed by atoms with Crippen LogP contribution in [0.1, 0.15) is 12.8 Å². The molecule has 1 aliphatic rings. The van der Waals surface area contributed by atoms with E-state index in [2.05, 4.69) is 15.3 Å². The molecule has 0 radical (unpaired) electrons. The highest BCUT2D eigenvalue weighted by atomic mass is 16.5. The fourth-order valence-corrected chi connectivity index (χ4v) is 2.43. The Morgan fingerprint density at radius 3 is 2.60 bits per heavy atom. The molecule has 1 saturated heterocycles. The van der Waals surface area contributed by atoms with Gasteiger partial charge in [-0.15, -0.1) is 0 Å². The van der Waals surface area contributed by atoms with Crippen LogP contribution in [0, 0.1) is 0 Å². The van der Waals surface area contributed by atoms with Crippen molar-refractivity contribution < 1.29 is 4.74 Å². The number of ether oxygens (including phenoxy) is 1. The number of nitrogens with zero attached hydrogens (tertiary/aromatic N) is 3. The lowest BCUT2D eigenvalue weighted by molar-refractivity contribution is 0.150. The Morgan fingerprint density at radius 1 is 1.20 bits per heavy atom. The van der Waals surface area contributed by atoms with Crippen molar-refractivity contribution >= 4 is 11.2 Å². The Hall–Kier alpha value is -2.09. The average molecular weight is 279 g/mol. The van der Waals surface area contributed by atoms with Gasteiger partial charge in [0.25, 0.3) is 11.6 Å². The largest absolute Gasteiger partial charge is 0.461 e. The van der Waals surface area contributed by atoms with Gasteiger partial charge in [0, 0.05) is 14.1 Å². The highest BCUT2D eigenvalue weighted by Gasteiger charge is 2.18. The Bertz CT molecular complexity index is 751. The molecule has 0 atom stereocenters. The number of hydrogen-bond acceptors (Lipinski definition) is 5. The van der Waals surface area contributed by atoms with E-state index in [4.69, 9.17) is 4.74 Å². The van der Waals surface area contributed by atoms with Crippen molar-refractivity contribution in [1.82, 2.24) is 24.4 Å². The van der Waals surface area contributed by atoms with Crippen LogP contribution in [-0.2, 0) is 14.1 Å². The van der Waals surface area contributed by atoms with Crippen LogP contribution >= 0.6 is 0 Å². The van der Waals surface area contributed by atoms with Crippen molar-refractivity contribution in [2.24, 2.45) is 14.1 Å². The molecule has 2 aromatic rings. The molecule has 108 valence electrons. The number of piperidine rings is 1. The van der Waals surface area contributed by atoms with E-state index in [9.17, 15) is 9.59 Å². The molecule has 20 heavy (non-hydrogen) atoms. The third-order valence-electron chi connectivity index (χ3n) is 3.64. The third kappa shape index (κ3) is 2.01. The van der Waals surface area contributed by atoms with Gasteiger partial charge >= 0.3 is 5.69 Å². The van der Waals surface area contributed by atoms with Crippen LogP contribution in [-0.4, -0.2) is 38.3 Å². The number of aromatic amines is 1. The van der Waals surface area contributed by atoms with Crippen LogP contribution in [0.5, 0.6) is 6.01 Å². The summed E-state index contributed by atoms with van der Waals surface area (Å²) < 4.78 is 8.15. The molecule has 1 aliphatic heterocycles. The highest BCUT2D eigenvalue weighted by molar-refractivity contribution is 5.70. The van der Waals surface area contributed by atoms with E-state index in [0.29, 0.717) is 17.2 Å². The second-order valence-electron chi connectivity index (χ2n) is 5.01. The molecule has 2 N–H and O–H groups in total. The number of H-pyrrole nitrogens is 1. The molecule has 0 bridgehead atoms. The Kier molecular flexibility index (Phi) is 3.09. The van der Waals surface area contributed by atoms with Crippen LogP contribution in [0.3, 0.4) is 0 Å². The topological polar surface area (TPSA) is 93.9 Å². The number of aryl methyl sites for hydroxylation is 1. The smallest absolute Gasteiger partial charge is 0.332 e. The zero-order valence-corrected chi connectivity index (χ0v) is 11.5. The van der Waals surface area contributed by atoms with Crippen molar-refractivity contribution in [3.63, 3.8) is 0 Å². The lowest BCUT2D eigenvalue weighted by Gasteiger charge is -2.22. The molecule has 3 heterocycles. The van der Waals surface area contributed by atoms with Gasteiger partial charge in [-0.2, -0.15) is 4.98 Å². The second kappa shape index (κ2) is 4.78. The maximum Gasteiger partial charge on any atom is 0.332 e. The first kappa shape index (κ1) is 12.9. The molecule has 1 fully saturated rings. The highest BCUT2D eigenvalue weighted by Crippen LogP contribution is 2.15. The normalized spacial score (nSPS) is 16.7. The lowest BCUT2D eigenvalue weighted by atomic mass is 10.1. The van der Waals surface area contributed by atoms with E-state index in [1.54, 1.807) is 7.05 Å². The Balaban J connectivity index is 2.02. The van der Waals surface area contributed by atoms with Gasteiger partial charge in [0.1, 0.15) is 6.10 Å². The van der Waals surface area contributed by atoms with Crippen LogP contribution in [0.4, 0.5) is 0 Å². The molecule has 0 amide bonds. The molecule has 2 aromatic heterocycles. The van der Waals surface area contributed by atoms with E-state index in [-0.39, 0.29) is 6.10 Å². The number of nitrogens with one attached hydrogen (secondary N) is 2. The third-order valence-corrected chi connectivity index (χ3v) is 3.64. The first-order valence-electron chi connectivity index (χ1n) is 6.61. The summed E-state index contributed by atoms with van der Waals surface area (Å²) in [6.07, 6.45) is 1.87. The molecule has 0 unspecified atom stereocenters. The summed E-state index contributed by atoms with van der Waals surface area (Å²) in [5.74, 6) is 0. The van der Waals surface area contributed by atoms with Crippen molar-refractivity contribution in [2.45, 2.75) is 18.9 Å². The minimum Gasteiger partial charge on any atom is -0.461 e. The van der Waals surface area contributed by atoms with Gasteiger partial charge in [-0.25, -0.2) is 4.79 Å². The van der Waals surface area contributed by atoms with E-state index in [0.717, 1.165) is 30.5 Å². The summed E-state index contributed by atoms with van der Waals surface area (Å²) in [6, 6.07) is 0.296. The minimum absolute atomic E-state index is 0.0812. The van der Waals surface area contributed by atoms with Crippen molar-refractivity contribution in [1.29, 1.82) is 0 Å². The van der Waals surface area contributed by atoms with Gasteiger partial charge in [-0.3, -0.25) is 13.9 Å². The van der Waals surface area contributed by atoms with Crippen molar-refractivity contribution in [3.8, 4) is 6.01 Å². The number of fused-ring (bicyclic) bond motifs is 1. The fraction of sp³-hybridized carbons (Fsp3) is 0.583. The van der Waals surface area contributed by atoms with Gasteiger partial charge < -0.3 is 15.0 Å². The molecule has 0 aromatic carbocycles. The van der Waals surface area contributed by atoms with Gasteiger partial charge in [-0.1, -0.05) is 0 Å². The molecule has 0 spiro atoms. The predicted octanol–water partition coefficient (Wildman–Crippen LogP) is -0.909. The molecule has 8 nitrogen and oxygen atoms in total. The second-order valence-corrected chi connectivity index (χ2v) is 5.01. The van der Waals surface area contributed by atoms with Crippen molar-refractivity contribution in [3.05, 3.63) is 20.8 Å². The van der Waals surface area contributed by atoms with Gasteiger partial charge in [-0.05, 0) is 25.9 Å². The number of imidazole rings is 1. The zero-order chi connectivity index (χ0) is 14.3. The van der Waals surface area contributed by atoms with Crippen LogP contribution < -0.4 is 21.3 Å². The zero-order valence-electron chi connectivity index (χ0n) is 11.5. The molecular weight excluding hydrogens is 262 g/mol. The van der Waals surface area contributed by atoms with E-state index in [1.807, 2.05) is 0 Å². The summed E-state index contributed by atoms with van der Waals surface area (Å²) in [7, 11) is 3.03. The molecular formula is C12H17N5O3. The number of rotatable bonds is 2. The summed E-state index contributed by atoms with van der Waals surface area (Å²) in [6.45, 7) is 1.82. The fourth-order valence-electron chi connectivity index (χ4n) is 2.43. The monoisotopic (exact) mass is 279 g/mol. The predicted molar refractivity (Wildman–Crippen MR) is 73.1 cm³/mol. The van der Waals surface area contributed by atoms with Crippen molar-refractivity contribution in [2.75, 3.05) is 13.1 Å². The molecule has 8 heteroatoms. The van der Waals surface area contributed by atoms with E-state index < -0.39 is 11.2 Å². The van der Waals surface area contributed by atoms with Gasteiger partial charge in [0.05, 0.1) is 0 Å². The Labute approximate surface area is 114 Å². The standard InChI is InChI=1S/C12H17N5O3/c1-16-9-8(10(18)17(2)12(16)19)14-11(15-9)20-7-3-5-13-6-4-7/h7,13H,3-6H2,1-2H3,(H,14,15). The SMILES string of the molecule is Cn1c(=O)c2[nH]c(OC3CCNCC3)nc2n(C)c1=O. The minimum atomic E-state index is -0.401. The van der Waals surface area contributed by atoms with Gasteiger partial charge in [0.15, 0.2) is 11.2 Å². The molecule has 0 saturated carbocycles. The molecule has 3 rings (SSSR count). The summed E-state index contributed by atoms with van der Waals surface area (Å²) in [4.78, 5) is 30.9. The number of hydrogen-bond donors (Lipinski definition) is 2. The summed E-state index contributed by atoms with van der Waals surface area (Å²) in [5.41, 5.74) is -0.182. The van der Waals surface area contributed by atoms with Gasteiger partial charge in [0.2, 0.25) is 0 Å². The maximum atomic E-state index is 12.0. The first-order valence-corrected chi connectivity index (χ1v) is 6.61. The first-order chi connectivity index (χ1) is 9.58. The maximum absolute atomic E-state index is 12.0. The van der Waals surface area contributed by atoms with E-state index in [1.165, 1.54) is 11.6 Å². The lowest BCUT2D eigenvalue weighted by Crippen LogP contribution is -2.36. The quantitative estimate of drug-likeness (QED) is 0.742. The van der Waals surface area contributed by atoms with E-state index >= 15 is 0 Å². The van der Waals surface area contributed by atoms with Crippen LogP contribution in [0.15, 0.2) is 9.59 Å². The van der Waals surface area contributed by atoms with Crippen LogP contribution in [0.25, 0.3) is 11.2 Å². The van der Waals surface area contributed by atoms with Crippen LogP contribution in [0.2, 0.25) is 0 Å². The number of aromatic nitrogens is 4. The Morgan fingerprint density at radius 2 is 1.90 bits per heavy atom. The average Bonchev–Trinajstić information content (AvgIpc) is 2.88. The molecule has 0 aliphatic carbocycles.